The Morgan fingerprint density at radius 1 is 1.05 bits per heavy atom. The summed E-state index contributed by atoms with van der Waals surface area (Å²) in [4.78, 5) is 0. The summed E-state index contributed by atoms with van der Waals surface area (Å²) in [5.41, 5.74) is 0. The molecule has 2 aromatic rings. The van der Waals surface area contributed by atoms with Gasteiger partial charge in [-0.05, 0) is 24.3 Å². The summed E-state index contributed by atoms with van der Waals surface area (Å²) in [5, 5.41) is 15.6. The van der Waals surface area contributed by atoms with Gasteiger partial charge in [0.05, 0.1) is 0 Å². The van der Waals surface area contributed by atoms with Gasteiger partial charge >= 0.3 is 0 Å². The molecule has 0 saturated carbocycles. The molecule has 0 aromatic heterocycles. The van der Waals surface area contributed by atoms with Gasteiger partial charge in [0.15, 0.2) is 0 Å². The molecule has 0 fully saturated rings. The van der Waals surface area contributed by atoms with Crippen LogP contribution in [0, 0.1) is 0 Å². The van der Waals surface area contributed by atoms with Crippen LogP contribution >= 0.6 is 0 Å². The maximum Gasteiger partial charge on any atom is 0.127 e. The summed E-state index contributed by atoms with van der Waals surface area (Å²) in [5.74, 6) is 0.828. The topological polar surface area (TPSA) is 41.5 Å². The summed E-state index contributed by atoms with van der Waals surface area (Å²) < 4.78 is 5.79. The van der Waals surface area contributed by atoms with Crippen LogP contribution in [0.2, 0.25) is 0 Å². The van der Waals surface area contributed by atoms with E-state index in [4.69, 9.17) is 4.74 Å². The van der Waals surface area contributed by atoms with Crippen LogP contribution in [0.5, 0.6) is 5.75 Å². The molecule has 3 nitrogen and oxygen atoms in total. The van der Waals surface area contributed by atoms with Crippen molar-refractivity contribution in [3.05, 3.63) is 42.5 Å². The van der Waals surface area contributed by atoms with Crippen molar-refractivity contribution in [1.82, 2.24) is 5.32 Å². The summed E-state index contributed by atoms with van der Waals surface area (Å²) in [6.07, 6.45) is 1.66. The molecule has 21 heavy (non-hydrogen) atoms. The van der Waals surface area contributed by atoms with Crippen molar-refractivity contribution >= 4 is 10.8 Å². The third kappa shape index (κ3) is 4.45. The van der Waals surface area contributed by atoms with Crippen molar-refractivity contribution in [2.24, 2.45) is 0 Å². The average molecular weight is 287 g/mol. The number of rotatable bonds is 8. The first-order valence-electron chi connectivity index (χ1n) is 7.76. The molecule has 2 aromatic carbocycles. The van der Waals surface area contributed by atoms with Gasteiger partial charge < -0.3 is 15.2 Å². The molecular weight excluding hydrogens is 262 g/mol. The molecule has 0 radical (unpaired) electrons. The Labute approximate surface area is 126 Å². The van der Waals surface area contributed by atoms with E-state index in [2.05, 4.69) is 31.3 Å². The van der Waals surface area contributed by atoms with E-state index in [0.717, 1.165) is 29.4 Å². The van der Waals surface area contributed by atoms with Crippen molar-refractivity contribution in [3.63, 3.8) is 0 Å². The number of aliphatic hydroxyl groups is 1. The van der Waals surface area contributed by atoms with Crippen LogP contribution in [0.3, 0.4) is 0 Å². The lowest BCUT2D eigenvalue weighted by atomic mass is 10.1. The maximum absolute atomic E-state index is 10.0. The van der Waals surface area contributed by atoms with Gasteiger partial charge in [-0.15, -0.1) is 0 Å². The molecule has 0 amide bonds. The van der Waals surface area contributed by atoms with Gasteiger partial charge in [-0.1, -0.05) is 50.2 Å². The number of ether oxygens (including phenoxy) is 1. The Balaban J connectivity index is 1.89. The minimum atomic E-state index is -0.496. The first-order valence-corrected chi connectivity index (χ1v) is 7.76. The van der Waals surface area contributed by atoms with Crippen LogP contribution < -0.4 is 10.1 Å². The molecule has 0 heterocycles. The third-order valence-corrected chi connectivity index (χ3v) is 3.81. The predicted octanol–water partition coefficient (Wildman–Crippen LogP) is 3.36. The van der Waals surface area contributed by atoms with Crippen molar-refractivity contribution in [3.8, 4) is 5.75 Å². The Morgan fingerprint density at radius 2 is 1.76 bits per heavy atom. The van der Waals surface area contributed by atoms with Crippen molar-refractivity contribution in [2.75, 3.05) is 13.2 Å². The highest BCUT2D eigenvalue weighted by Gasteiger charge is 2.09. The van der Waals surface area contributed by atoms with Crippen LogP contribution in [-0.4, -0.2) is 30.4 Å². The van der Waals surface area contributed by atoms with Crippen LogP contribution in [0.1, 0.15) is 26.7 Å². The second kappa shape index (κ2) is 8.01. The Hall–Kier alpha value is -1.58. The first kappa shape index (κ1) is 15.8. The van der Waals surface area contributed by atoms with E-state index in [9.17, 15) is 5.11 Å². The Bertz CT molecular complexity index is 546. The molecule has 0 bridgehead atoms. The number of aliphatic hydroxyl groups excluding tert-OH is 1. The lowest BCUT2D eigenvalue weighted by Crippen LogP contribution is -2.37. The summed E-state index contributed by atoms with van der Waals surface area (Å²) in [6.45, 7) is 5.18. The SMILES string of the molecule is CCC(CC)NC[C@@H](O)COc1cccc2ccccc12. The van der Waals surface area contributed by atoms with E-state index in [1.165, 1.54) is 0 Å². The molecule has 0 aliphatic carbocycles. The smallest absolute Gasteiger partial charge is 0.127 e. The largest absolute Gasteiger partial charge is 0.490 e. The van der Waals surface area contributed by atoms with Crippen LogP contribution in [0.15, 0.2) is 42.5 Å². The van der Waals surface area contributed by atoms with Gasteiger partial charge in [-0.3, -0.25) is 0 Å². The third-order valence-electron chi connectivity index (χ3n) is 3.81. The predicted molar refractivity (Wildman–Crippen MR) is 87.8 cm³/mol. The highest BCUT2D eigenvalue weighted by atomic mass is 16.5. The van der Waals surface area contributed by atoms with Gasteiger partial charge in [0.25, 0.3) is 0 Å². The molecular formula is C18H25NO2. The van der Waals surface area contributed by atoms with Gasteiger partial charge in [0.1, 0.15) is 18.5 Å². The van der Waals surface area contributed by atoms with E-state index in [-0.39, 0.29) is 0 Å². The minimum absolute atomic E-state index is 0.307. The monoisotopic (exact) mass is 287 g/mol. The van der Waals surface area contributed by atoms with Gasteiger partial charge in [0.2, 0.25) is 0 Å². The Morgan fingerprint density at radius 3 is 2.52 bits per heavy atom. The summed E-state index contributed by atoms with van der Waals surface area (Å²) >= 11 is 0. The molecule has 0 spiro atoms. The normalized spacial score (nSPS) is 12.8. The van der Waals surface area contributed by atoms with E-state index in [1.54, 1.807) is 0 Å². The second-order valence-corrected chi connectivity index (χ2v) is 5.36. The molecule has 0 aliphatic heterocycles. The molecule has 114 valence electrons. The average Bonchev–Trinajstić information content (AvgIpc) is 2.53. The lowest BCUT2D eigenvalue weighted by molar-refractivity contribution is 0.104. The highest BCUT2D eigenvalue weighted by molar-refractivity contribution is 5.88. The fourth-order valence-corrected chi connectivity index (χ4v) is 2.45. The van der Waals surface area contributed by atoms with Gasteiger partial charge in [-0.2, -0.15) is 0 Å². The molecule has 3 heteroatoms. The quantitative estimate of drug-likeness (QED) is 0.782. The number of hydrogen-bond donors (Lipinski definition) is 2. The zero-order valence-electron chi connectivity index (χ0n) is 12.9. The number of benzene rings is 2. The summed E-state index contributed by atoms with van der Waals surface area (Å²) in [6, 6.07) is 14.6. The van der Waals surface area contributed by atoms with Gasteiger partial charge in [-0.25, -0.2) is 0 Å². The van der Waals surface area contributed by atoms with E-state index < -0.39 is 6.10 Å². The first-order chi connectivity index (χ1) is 10.2. The molecule has 2 rings (SSSR count). The summed E-state index contributed by atoms with van der Waals surface area (Å²) in [7, 11) is 0. The van der Waals surface area contributed by atoms with Crippen molar-refractivity contribution in [1.29, 1.82) is 0 Å². The fraction of sp³-hybridized carbons (Fsp3) is 0.444. The zero-order chi connectivity index (χ0) is 15.1. The number of hydrogen-bond acceptors (Lipinski definition) is 3. The second-order valence-electron chi connectivity index (χ2n) is 5.36. The standard InChI is InChI=1S/C18H25NO2/c1-3-15(4-2)19-12-16(20)13-21-18-11-7-9-14-8-5-6-10-17(14)18/h5-11,15-16,19-20H,3-4,12-13H2,1-2H3/t16-/m1/s1. The molecule has 1 atom stereocenters. The maximum atomic E-state index is 10.0. The van der Waals surface area contributed by atoms with Gasteiger partial charge in [0, 0.05) is 18.0 Å². The lowest BCUT2D eigenvalue weighted by Gasteiger charge is -2.18. The molecule has 0 saturated heterocycles. The minimum Gasteiger partial charge on any atom is -0.490 e. The van der Waals surface area contributed by atoms with Crippen molar-refractivity contribution in [2.45, 2.75) is 38.8 Å². The van der Waals surface area contributed by atoms with Crippen LogP contribution in [-0.2, 0) is 0 Å². The van der Waals surface area contributed by atoms with E-state index in [1.807, 2.05) is 30.3 Å². The molecule has 0 unspecified atom stereocenters. The Kier molecular flexibility index (Phi) is 6.03. The van der Waals surface area contributed by atoms with Crippen LogP contribution in [0.25, 0.3) is 10.8 Å². The fourth-order valence-electron chi connectivity index (χ4n) is 2.45. The van der Waals surface area contributed by atoms with E-state index >= 15 is 0 Å². The molecule has 2 N–H and O–H groups in total. The molecule has 0 aliphatic rings. The van der Waals surface area contributed by atoms with Crippen LogP contribution in [0.4, 0.5) is 0 Å². The highest BCUT2D eigenvalue weighted by Crippen LogP contribution is 2.25. The van der Waals surface area contributed by atoms with Crippen molar-refractivity contribution < 1.29 is 9.84 Å². The van der Waals surface area contributed by atoms with E-state index in [0.29, 0.717) is 19.2 Å². The number of fused-ring (bicyclic) bond motifs is 1. The zero-order valence-corrected chi connectivity index (χ0v) is 12.9. The number of nitrogens with one attached hydrogen (secondary N) is 1.